The summed E-state index contributed by atoms with van der Waals surface area (Å²) in [5.74, 6) is 0. The molecular formula is C8H7Br3. The highest BCUT2D eigenvalue weighted by molar-refractivity contribution is 9.13. The first-order valence-corrected chi connectivity index (χ1v) is 5.86. The van der Waals surface area contributed by atoms with Gasteiger partial charge in [0.25, 0.3) is 0 Å². The topological polar surface area (TPSA) is 0 Å². The van der Waals surface area contributed by atoms with E-state index < -0.39 is 0 Å². The van der Waals surface area contributed by atoms with E-state index in [1.165, 1.54) is 11.1 Å². The predicted molar refractivity (Wildman–Crippen MR) is 59.2 cm³/mol. The summed E-state index contributed by atoms with van der Waals surface area (Å²) in [4.78, 5) is 0. The maximum absolute atomic E-state index is 3.45. The normalized spacial score (nSPS) is 10.2. The summed E-state index contributed by atoms with van der Waals surface area (Å²) < 4.78 is 2.22. The van der Waals surface area contributed by atoms with E-state index in [0.29, 0.717) is 0 Å². The van der Waals surface area contributed by atoms with Gasteiger partial charge in [-0.05, 0) is 62.0 Å². The van der Waals surface area contributed by atoms with E-state index in [4.69, 9.17) is 0 Å². The van der Waals surface area contributed by atoms with Crippen molar-refractivity contribution in [2.45, 2.75) is 12.3 Å². The number of alkyl halides is 1. The maximum Gasteiger partial charge on any atom is 0.0320 e. The van der Waals surface area contributed by atoms with Crippen molar-refractivity contribution in [3.8, 4) is 0 Å². The number of benzene rings is 1. The zero-order valence-corrected chi connectivity index (χ0v) is 10.8. The van der Waals surface area contributed by atoms with Crippen molar-refractivity contribution in [2.24, 2.45) is 0 Å². The van der Waals surface area contributed by atoms with Crippen molar-refractivity contribution in [3.63, 3.8) is 0 Å². The van der Waals surface area contributed by atoms with Crippen LogP contribution in [0.5, 0.6) is 0 Å². The first kappa shape index (κ1) is 9.75. The number of aryl methyl sites for hydroxylation is 1. The predicted octanol–water partition coefficient (Wildman–Crippen LogP) is 4.41. The molecule has 0 aliphatic carbocycles. The molecule has 11 heavy (non-hydrogen) atoms. The second-order valence-corrected chi connectivity index (χ2v) is 4.60. The van der Waals surface area contributed by atoms with E-state index in [-0.39, 0.29) is 0 Å². The van der Waals surface area contributed by atoms with Crippen LogP contribution in [-0.2, 0) is 5.33 Å². The van der Waals surface area contributed by atoms with Gasteiger partial charge in [0.1, 0.15) is 0 Å². The third-order valence-electron chi connectivity index (χ3n) is 1.52. The Morgan fingerprint density at radius 1 is 1.18 bits per heavy atom. The SMILES string of the molecule is Cc1cc(Br)c(Br)cc1CBr. The minimum absolute atomic E-state index is 0.907. The highest BCUT2D eigenvalue weighted by Crippen LogP contribution is 2.27. The summed E-state index contributed by atoms with van der Waals surface area (Å²) in [5, 5.41) is 0.907. The molecule has 0 saturated heterocycles. The van der Waals surface area contributed by atoms with Crippen LogP contribution in [0, 0.1) is 6.92 Å². The quantitative estimate of drug-likeness (QED) is 0.663. The Hall–Kier alpha value is 0.660. The molecule has 1 aromatic carbocycles. The lowest BCUT2D eigenvalue weighted by atomic mass is 10.1. The highest BCUT2D eigenvalue weighted by atomic mass is 79.9. The molecular weight excluding hydrogens is 336 g/mol. The van der Waals surface area contributed by atoms with Crippen LogP contribution in [0.1, 0.15) is 11.1 Å². The molecule has 0 amide bonds. The lowest BCUT2D eigenvalue weighted by molar-refractivity contribution is 1.30. The summed E-state index contributed by atoms with van der Waals surface area (Å²) in [6, 6.07) is 4.23. The summed E-state index contributed by atoms with van der Waals surface area (Å²) in [6.07, 6.45) is 0. The fourth-order valence-corrected chi connectivity index (χ4v) is 2.28. The summed E-state index contributed by atoms with van der Waals surface area (Å²) >= 11 is 10.3. The number of hydrogen-bond acceptors (Lipinski definition) is 0. The molecule has 0 heterocycles. The van der Waals surface area contributed by atoms with Crippen LogP contribution < -0.4 is 0 Å². The number of hydrogen-bond donors (Lipinski definition) is 0. The Morgan fingerprint density at radius 3 is 2.27 bits per heavy atom. The van der Waals surface area contributed by atoms with Gasteiger partial charge in [-0.2, -0.15) is 0 Å². The molecule has 1 rings (SSSR count). The molecule has 0 spiro atoms. The molecule has 60 valence electrons. The number of rotatable bonds is 1. The van der Waals surface area contributed by atoms with Gasteiger partial charge in [0.2, 0.25) is 0 Å². The number of halogens is 3. The lowest BCUT2D eigenvalue weighted by Gasteiger charge is -2.03. The van der Waals surface area contributed by atoms with Crippen LogP contribution in [0.4, 0.5) is 0 Å². The molecule has 0 bridgehead atoms. The molecule has 0 N–H and O–H groups in total. The Kier molecular flexibility index (Phi) is 3.59. The van der Waals surface area contributed by atoms with Crippen LogP contribution in [0.3, 0.4) is 0 Å². The molecule has 0 radical (unpaired) electrons. The molecule has 0 aliphatic heterocycles. The zero-order chi connectivity index (χ0) is 8.43. The van der Waals surface area contributed by atoms with Crippen LogP contribution in [0.2, 0.25) is 0 Å². The van der Waals surface area contributed by atoms with E-state index in [1.54, 1.807) is 0 Å². The van der Waals surface area contributed by atoms with Gasteiger partial charge < -0.3 is 0 Å². The Labute approximate surface area is 91.8 Å². The standard InChI is InChI=1S/C8H7Br3/c1-5-2-7(10)8(11)3-6(5)4-9/h2-3H,4H2,1H3. The second-order valence-electron chi connectivity index (χ2n) is 2.33. The van der Waals surface area contributed by atoms with Gasteiger partial charge in [-0.1, -0.05) is 15.9 Å². The molecule has 0 fully saturated rings. The summed E-state index contributed by atoms with van der Waals surface area (Å²) in [6.45, 7) is 2.10. The largest absolute Gasteiger partial charge is 0.0876 e. The minimum atomic E-state index is 0.907. The van der Waals surface area contributed by atoms with Gasteiger partial charge in [-0.25, -0.2) is 0 Å². The van der Waals surface area contributed by atoms with Crippen LogP contribution >= 0.6 is 47.8 Å². The van der Waals surface area contributed by atoms with E-state index in [0.717, 1.165) is 14.3 Å². The van der Waals surface area contributed by atoms with E-state index >= 15 is 0 Å². The van der Waals surface area contributed by atoms with Crippen molar-refractivity contribution < 1.29 is 0 Å². The Balaban J connectivity index is 3.21. The first-order chi connectivity index (χ1) is 5.15. The molecule has 0 aromatic heterocycles. The van der Waals surface area contributed by atoms with Gasteiger partial charge in [-0.3, -0.25) is 0 Å². The van der Waals surface area contributed by atoms with E-state index in [2.05, 4.69) is 66.8 Å². The van der Waals surface area contributed by atoms with Crippen molar-refractivity contribution in [1.29, 1.82) is 0 Å². The van der Waals surface area contributed by atoms with E-state index in [1.807, 2.05) is 0 Å². The minimum Gasteiger partial charge on any atom is -0.0876 e. The summed E-state index contributed by atoms with van der Waals surface area (Å²) in [5.41, 5.74) is 2.62. The fourth-order valence-electron chi connectivity index (χ4n) is 0.831. The van der Waals surface area contributed by atoms with Gasteiger partial charge in [0.05, 0.1) is 0 Å². The molecule has 0 unspecified atom stereocenters. The van der Waals surface area contributed by atoms with Gasteiger partial charge >= 0.3 is 0 Å². The van der Waals surface area contributed by atoms with E-state index in [9.17, 15) is 0 Å². The third kappa shape index (κ3) is 2.30. The molecule has 0 aliphatic rings. The molecule has 3 heteroatoms. The van der Waals surface area contributed by atoms with Crippen molar-refractivity contribution in [2.75, 3.05) is 0 Å². The smallest absolute Gasteiger partial charge is 0.0320 e. The monoisotopic (exact) mass is 340 g/mol. The van der Waals surface area contributed by atoms with Gasteiger partial charge in [0, 0.05) is 14.3 Å². The molecule has 1 aromatic rings. The van der Waals surface area contributed by atoms with Crippen molar-refractivity contribution in [3.05, 3.63) is 32.2 Å². The Morgan fingerprint density at radius 2 is 1.73 bits per heavy atom. The second kappa shape index (κ2) is 4.06. The third-order valence-corrected chi connectivity index (χ3v) is 3.97. The van der Waals surface area contributed by atoms with Crippen molar-refractivity contribution in [1.82, 2.24) is 0 Å². The van der Waals surface area contributed by atoms with Crippen LogP contribution in [0.25, 0.3) is 0 Å². The maximum atomic E-state index is 3.45. The zero-order valence-electron chi connectivity index (χ0n) is 6.00. The molecule has 0 nitrogen and oxygen atoms in total. The van der Waals surface area contributed by atoms with Gasteiger partial charge in [-0.15, -0.1) is 0 Å². The van der Waals surface area contributed by atoms with Crippen molar-refractivity contribution >= 4 is 47.8 Å². The molecule has 0 saturated carbocycles. The van der Waals surface area contributed by atoms with Gasteiger partial charge in [0.15, 0.2) is 0 Å². The first-order valence-electron chi connectivity index (χ1n) is 3.15. The summed E-state index contributed by atoms with van der Waals surface area (Å²) in [7, 11) is 0. The Bertz CT molecular complexity index is 268. The van der Waals surface area contributed by atoms with Crippen LogP contribution in [0.15, 0.2) is 21.1 Å². The average Bonchev–Trinajstić information content (AvgIpc) is 1.97. The fraction of sp³-hybridized carbons (Fsp3) is 0.250. The average molecular weight is 343 g/mol. The molecule has 0 atom stereocenters. The van der Waals surface area contributed by atoms with Crippen LogP contribution in [-0.4, -0.2) is 0 Å². The highest BCUT2D eigenvalue weighted by Gasteiger charge is 2.01. The lowest BCUT2D eigenvalue weighted by Crippen LogP contribution is -1.84.